The van der Waals surface area contributed by atoms with Gasteiger partial charge in [0.2, 0.25) is 5.30 Å². The molecule has 0 spiro atoms. The lowest BCUT2D eigenvalue weighted by molar-refractivity contribution is -0.0494. The first kappa shape index (κ1) is 30.9. The average Bonchev–Trinajstić information content (AvgIpc) is 2.90. The van der Waals surface area contributed by atoms with E-state index in [1.807, 2.05) is 56.1 Å². The summed E-state index contributed by atoms with van der Waals surface area (Å²) in [6.07, 6.45) is 0. The molecule has 0 amide bonds. The van der Waals surface area contributed by atoms with Gasteiger partial charge in [-0.15, -0.1) is 0 Å². The molecule has 1 aliphatic heterocycles. The standard InChI is InChI=1S/C30H36F2N2O6P/c1-20-25(28(35)37-16-15-34(5)17-22-11-7-6-8-12-22)26(23-13-9-10-14-24(23)40-29(31)32)27(21(2)33-20)41(36)38-18-30(3,4)19-39-41/h6-14,29,36H,15-19H2,1-5H3/q+1. The van der Waals surface area contributed by atoms with Crippen molar-refractivity contribution in [1.82, 2.24) is 9.88 Å². The van der Waals surface area contributed by atoms with E-state index in [1.54, 1.807) is 32.0 Å². The minimum atomic E-state index is -3.78. The number of likely N-dealkylation sites (N-methyl/N-ethyl adjacent to an activating group) is 1. The zero-order valence-electron chi connectivity index (χ0n) is 23.9. The normalized spacial score (nSPS) is 16.1. The highest BCUT2D eigenvalue weighted by Gasteiger charge is 2.55. The maximum atomic E-state index is 13.7. The quantitative estimate of drug-likeness (QED) is 0.238. The highest BCUT2D eigenvalue weighted by Crippen LogP contribution is 2.62. The minimum absolute atomic E-state index is 0.0205. The third kappa shape index (κ3) is 7.45. The van der Waals surface area contributed by atoms with Crippen molar-refractivity contribution in [3.63, 3.8) is 0 Å². The number of pyridine rings is 1. The summed E-state index contributed by atoms with van der Waals surface area (Å²) in [5.41, 5.74) is 1.74. The summed E-state index contributed by atoms with van der Waals surface area (Å²) in [7, 11) is -1.86. The van der Waals surface area contributed by atoms with Crippen LogP contribution in [0.25, 0.3) is 11.1 Å². The third-order valence-corrected chi connectivity index (χ3v) is 8.72. The van der Waals surface area contributed by atoms with Gasteiger partial charge in [0.05, 0.1) is 22.5 Å². The fraction of sp³-hybridized carbons (Fsp3) is 0.400. The van der Waals surface area contributed by atoms with Gasteiger partial charge in [-0.2, -0.15) is 22.7 Å². The van der Waals surface area contributed by atoms with Crippen molar-refractivity contribution in [3.8, 4) is 16.9 Å². The van der Waals surface area contributed by atoms with Crippen molar-refractivity contribution in [2.75, 3.05) is 33.4 Å². The molecule has 8 nitrogen and oxygen atoms in total. The minimum Gasteiger partial charge on any atom is -0.461 e. The summed E-state index contributed by atoms with van der Waals surface area (Å²) in [5, 5.41) is 0.136. The van der Waals surface area contributed by atoms with Crippen LogP contribution in [-0.4, -0.2) is 60.8 Å². The molecule has 4 rings (SSSR count). The molecule has 1 aliphatic rings. The van der Waals surface area contributed by atoms with Gasteiger partial charge in [0.15, 0.2) is 0 Å². The number of benzene rings is 2. The molecule has 1 aromatic heterocycles. The first-order valence-corrected chi connectivity index (χ1v) is 14.8. The maximum Gasteiger partial charge on any atom is 0.448 e. The SMILES string of the molecule is Cc1nc(C)c([P+]2(O)OCC(C)(C)CO2)c(-c2ccccc2OC(F)F)c1C(=O)OCCN(C)Cc1ccccc1. The molecule has 0 bridgehead atoms. The fourth-order valence-electron chi connectivity index (χ4n) is 4.64. The van der Waals surface area contributed by atoms with Crippen LogP contribution in [0.2, 0.25) is 0 Å². The lowest BCUT2D eigenvalue weighted by Gasteiger charge is -2.32. The Morgan fingerprint density at radius 1 is 1.07 bits per heavy atom. The van der Waals surface area contributed by atoms with Gasteiger partial charge in [0.1, 0.15) is 25.6 Å². The number of carbonyl (C=O) groups is 1. The molecule has 1 fully saturated rings. The monoisotopic (exact) mass is 589 g/mol. The summed E-state index contributed by atoms with van der Waals surface area (Å²) in [6.45, 7) is 5.59. The first-order chi connectivity index (χ1) is 19.4. The van der Waals surface area contributed by atoms with Crippen LogP contribution >= 0.6 is 7.94 Å². The molecular weight excluding hydrogens is 553 g/mol. The molecule has 11 heteroatoms. The second-order valence-corrected chi connectivity index (χ2v) is 12.9. The van der Waals surface area contributed by atoms with E-state index >= 15 is 0 Å². The number of rotatable bonds is 10. The third-order valence-electron chi connectivity index (χ3n) is 6.65. The van der Waals surface area contributed by atoms with Crippen LogP contribution in [0.5, 0.6) is 5.75 Å². The lowest BCUT2D eigenvalue weighted by Crippen LogP contribution is -2.36. The molecule has 0 atom stereocenters. The molecule has 1 saturated heterocycles. The summed E-state index contributed by atoms with van der Waals surface area (Å²) >= 11 is 0. The van der Waals surface area contributed by atoms with Crippen LogP contribution in [-0.2, 0) is 20.3 Å². The molecule has 2 aromatic carbocycles. The van der Waals surface area contributed by atoms with E-state index in [9.17, 15) is 18.5 Å². The summed E-state index contributed by atoms with van der Waals surface area (Å²) in [5.74, 6) is -0.885. The van der Waals surface area contributed by atoms with Crippen LogP contribution in [0.1, 0.15) is 41.2 Å². The number of aryl methyl sites for hydroxylation is 2. The molecule has 0 unspecified atom stereocenters. The number of carbonyl (C=O) groups excluding carboxylic acids is 1. The average molecular weight is 590 g/mol. The van der Waals surface area contributed by atoms with Crippen LogP contribution in [0.4, 0.5) is 8.78 Å². The van der Waals surface area contributed by atoms with Crippen molar-refractivity contribution in [1.29, 1.82) is 0 Å². The van der Waals surface area contributed by atoms with Gasteiger partial charge in [-0.25, -0.2) is 4.79 Å². The molecule has 0 aliphatic carbocycles. The van der Waals surface area contributed by atoms with Crippen LogP contribution in [0.3, 0.4) is 0 Å². The highest BCUT2D eigenvalue weighted by molar-refractivity contribution is 7.69. The summed E-state index contributed by atoms with van der Waals surface area (Å²) in [4.78, 5) is 32.0. The number of hydrogen-bond acceptors (Lipinski definition) is 8. The zero-order chi connectivity index (χ0) is 29.8. The predicted molar refractivity (Wildman–Crippen MR) is 153 cm³/mol. The van der Waals surface area contributed by atoms with Crippen molar-refractivity contribution >= 4 is 19.2 Å². The Hall–Kier alpha value is -3.01. The van der Waals surface area contributed by atoms with Gasteiger partial charge < -0.3 is 9.47 Å². The first-order valence-electron chi connectivity index (χ1n) is 13.3. The van der Waals surface area contributed by atoms with E-state index in [0.29, 0.717) is 24.5 Å². The van der Waals surface area contributed by atoms with Gasteiger partial charge in [-0.1, -0.05) is 62.4 Å². The predicted octanol–water partition coefficient (Wildman–Crippen LogP) is 5.71. The number of aromatic nitrogens is 1. The molecule has 0 radical (unpaired) electrons. The number of alkyl halides is 2. The Balaban J connectivity index is 1.73. The van der Waals surface area contributed by atoms with Crippen LogP contribution in [0.15, 0.2) is 54.6 Å². The molecular formula is C30H36F2N2O6P+. The Kier molecular flexibility index (Phi) is 9.72. The van der Waals surface area contributed by atoms with Gasteiger partial charge in [0, 0.05) is 24.1 Å². The molecule has 220 valence electrons. The zero-order valence-corrected chi connectivity index (χ0v) is 24.8. The van der Waals surface area contributed by atoms with Crippen molar-refractivity contribution in [2.24, 2.45) is 5.41 Å². The highest BCUT2D eigenvalue weighted by atomic mass is 31.2. The fourth-order valence-corrected chi connectivity index (χ4v) is 7.00. The van der Waals surface area contributed by atoms with E-state index in [-0.39, 0.29) is 53.0 Å². The Bertz CT molecular complexity index is 1360. The molecule has 1 N–H and O–H groups in total. The van der Waals surface area contributed by atoms with Crippen LogP contribution in [0, 0.1) is 19.3 Å². The maximum absolute atomic E-state index is 13.7. The number of hydrogen-bond donors (Lipinski definition) is 1. The molecule has 3 aromatic rings. The topological polar surface area (TPSA) is 90.4 Å². The van der Waals surface area contributed by atoms with Gasteiger partial charge in [0.25, 0.3) is 0 Å². The second kappa shape index (κ2) is 12.9. The molecule has 2 heterocycles. The Morgan fingerprint density at radius 3 is 2.37 bits per heavy atom. The second-order valence-electron chi connectivity index (χ2n) is 10.8. The lowest BCUT2D eigenvalue weighted by atomic mass is 9.97. The van der Waals surface area contributed by atoms with Gasteiger partial charge in [-0.05, 0) is 32.5 Å². The Labute approximate surface area is 239 Å². The Morgan fingerprint density at radius 2 is 1.71 bits per heavy atom. The van der Waals surface area contributed by atoms with E-state index in [2.05, 4.69) is 4.98 Å². The van der Waals surface area contributed by atoms with Crippen molar-refractivity contribution < 1.29 is 37.0 Å². The molecule has 41 heavy (non-hydrogen) atoms. The summed E-state index contributed by atoms with van der Waals surface area (Å²) in [6, 6.07) is 16.0. The van der Waals surface area contributed by atoms with E-state index in [0.717, 1.165) is 5.56 Å². The van der Waals surface area contributed by atoms with E-state index in [1.165, 1.54) is 6.07 Å². The van der Waals surface area contributed by atoms with Crippen molar-refractivity contribution in [3.05, 3.63) is 77.1 Å². The van der Waals surface area contributed by atoms with E-state index < -0.39 is 20.5 Å². The number of nitrogens with zero attached hydrogens (tertiary/aromatic N) is 2. The van der Waals surface area contributed by atoms with Gasteiger partial charge in [-0.3, -0.25) is 9.88 Å². The smallest absolute Gasteiger partial charge is 0.448 e. The largest absolute Gasteiger partial charge is 0.461 e. The van der Waals surface area contributed by atoms with Crippen molar-refractivity contribution in [2.45, 2.75) is 40.9 Å². The number of halogens is 2. The summed E-state index contributed by atoms with van der Waals surface area (Å²) < 4.78 is 49.2. The number of para-hydroxylation sites is 1. The number of esters is 1. The van der Waals surface area contributed by atoms with Crippen LogP contribution < -0.4 is 10.0 Å². The van der Waals surface area contributed by atoms with Gasteiger partial charge >= 0.3 is 20.5 Å². The number of ether oxygens (including phenoxy) is 2. The van der Waals surface area contributed by atoms with E-state index in [4.69, 9.17) is 18.5 Å². The molecule has 0 saturated carbocycles.